The number of hydrogen-bond acceptors (Lipinski definition) is 4. The minimum absolute atomic E-state index is 0.290. The molecule has 0 aliphatic carbocycles. The molecule has 0 aliphatic heterocycles. The molecule has 0 fully saturated rings. The number of rotatable bonds is 8. The Balaban J connectivity index is 1.50. The quantitative estimate of drug-likeness (QED) is 0.495. The molecule has 0 spiro atoms. The van der Waals surface area contributed by atoms with Crippen LogP contribution in [0.15, 0.2) is 67.4 Å². The molecule has 142 valence electrons. The maximum atomic E-state index is 11.2. The van der Waals surface area contributed by atoms with Crippen molar-refractivity contribution in [1.82, 2.24) is 24.6 Å². The number of aromatic nitrogens is 4. The summed E-state index contributed by atoms with van der Waals surface area (Å²) in [7, 11) is 0. The highest BCUT2D eigenvalue weighted by Crippen LogP contribution is 2.22. The van der Waals surface area contributed by atoms with E-state index >= 15 is 0 Å². The van der Waals surface area contributed by atoms with Crippen molar-refractivity contribution in [2.45, 2.75) is 26.1 Å². The van der Waals surface area contributed by atoms with E-state index in [0.717, 1.165) is 23.3 Å². The zero-order valence-electron chi connectivity index (χ0n) is 15.5. The smallest absolute Gasteiger partial charge is 0.219 e. The van der Waals surface area contributed by atoms with Crippen LogP contribution in [0.25, 0.3) is 16.6 Å². The van der Waals surface area contributed by atoms with Crippen molar-refractivity contribution < 1.29 is 4.79 Å². The SMILES string of the molecule is NC(=O)CCn1cc(CNCc2ccccc2-n2cncn2)c2ccccc21. The van der Waals surface area contributed by atoms with Gasteiger partial charge in [0.2, 0.25) is 5.91 Å². The molecule has 4 aromatic rings. The third-order valence-corrected chi connectivity index (χ3v) is 4.76. The molecule has 3 N–H and O–H groups in total. The third-order valence-electron chi connectivity index (χ3n) is 4.76. The fourth-order valence-electron chi connectivity index (χ4n) is 3.43. The number of carbonyl (C=O) groups excluding carboxylic acids is 1. The highest BCUT2D eigenvalue weighted by atomic mass is 16.1. The Kier molecular flexibility index (Phi) is 5.16. The summed E-state index contributed by atoms with van der Waals surface area (Å²) >= 11 is 0. The fourth-order valence-corrected chi connectivity index (χ4v) is 3.43. The van der Waals surface area contributed by atoms with Gasteiger partial charge in [0.15, 0.2) is 0 Å². The predicted molar refractivity (Wildman–Crippen MR) is 108 cm³/mol. The van der Waals surface area contributed by atoms with Crippen LogP contribution in [0.5, 0.6) is 0 Å². The molecular weight excluding hydrogens is 352 g/mol. The normalized spacial score (nSPS) is 11.1. The monoisotopic (exact) mass is 374 g/mol. The van der Waals surface area contributed by atoms with Crippen molar-refractivity contribution in [2.75, 3.05) is 0 Å². The summed E-state index contributed by atoms with van der Waals surface area (Å²) in [5.74, 6) is -0.290. The van der Waals surface area contributed by atoms with Crippen molar-refractivity contribution in [3.8, 4) is 5.69 Å². The molecule has 0 unspecified atom stereocenters. The second-order valence-electron chi connectivity index (χ2n) is 6.65. The number of carbonyl (C=O) groups is 1. The first-order chi connectivity index (χ1) is 13.7. The van der Waals surface area contributed by atoms with Crippen molar-refractivity contribution >= 4 is 16.8 Å². The molecule has 0 aliphatic rings. The van der Waals surface area contributed by atoms with E-state index in [1.807, 2.05) is 30.3 Å². The number of primary amides is 1. The molecule has 28 heavy (non-hydrogen) atoms. The summed E-state index contributed by atoms with van der Waals surface area (Å²) in [6.07, 6.45) is 5.66. The number of para-hydroxylation sites is 2. The summed E-state index contributed by atoms with van der Waals surface area (Å²) in [5.41, 5.74) is 9.78. The zero-order chi connectivity index (χ0) is 19.3. The Morgan fingerprint density at radius 3 is 2.64 bits per heavy atom. The van der Waals surface area contributed by atoms with Crippen LogP contribution in [0.2, 0.25) is 0 Å². The van der Waals surface area contributed by atoms with E-state index in [2.05, 4.69) is 44.4 Å². The molecule has 4 rings (SSSR count). The maximum absolute atomic E-state index is 11.2. The molecule has 7 heteroatoms. The lowest BCUT2D eigenvalue weighted by Gasteiger charge is -2.10. The molecule has 7 nitrogen and oxygen atoms in total. The van der Waals surface area contributed by atoms with E-state index in [9.17, 15) is 4.79 Å². The molecule has 0 radical (unpaired) electrons. The molecule has 0 atom stereocenters. The van der Waals surface area contributed by atoms with Crippen LogP contribution >= 0.6 is 0 Å². The first-order valence-corrected chi connectivity index (χ1v) is 9.21. The van der Waals surface area contributed by atoms with Crippen LogP contribution < -0.4 is 11.1 Å². The van der Waals surface area contributed by atoms with Crippen LogP contribution in [-0.2, 0) is 24.4 Å². The first-order valence-electron chi connectivity index (χ1n) is 9.21. The van der Waals surface area contributed by atoms with Crippen molar-refractivity contribution in [3.05, 3.63) is 78.5 Å². The fraction of sp³-hybridized carbons (Fsp3) is 0.190. The van der Waals surface area contributed by atoms with Gasteiger partial charge < -0.3 is 15.6 Å². The molecular formula is C21H22N6O. The van der Waals surface area contributed by atoms with E-state index in [0.29, 0.717) is 19.5 Å². The van der Waals surface area contributed by atoms with Crippen LogP contribution in [0.1, 0.15) is 17.5 Å². The molecule has 2 aromatic carbocycles. The van der Waals surface area contributed by atoms with Gasteiger partial charge in [-0.2, -0.15) is 5.10 Å². The van der Waals surface area contributed by atoms with Gasteiger partial charge in [0.1, 0.15) is 12.7 Å². The number of nitrogens with zero attached hydrogens (tertiary/aromatic N) is 4. The lowest BCUT2D eigenvalue weighted by Crippen LogP contribution is -2.15. The maximum Gasteiger partial charge on any atom is 0.219 e. The van der Waals surface area contributed by atoms with Gasteiger partial charge in [-0.25, -0.2) is 9.67 Å². The molecule has 0 bridgehead atoms. The van der Waals surface area contributed by atoms with Gasteiger partial charge in [-0.3, -0.25) is 4.79 Å². The van der Waals surface area contributed by atoms with E-state index in [1.165, 1.54) is 17.3 Å². The zero-order valence-corrected chi connectivity index (χ0v) is 15.5. The third kappa shape index (κ3) is 3.79. The summed E-state index contributed by atoms with van der Waals surface area (Å²) in [5, 5.41) is 8.94. The van der Waals surface area contributed by atoms with Crippen LogP contribution in [0, 0.1) is 0 Å². The number of nitrogens with one attached hydrogen (secondary N) is 1. The van der Waals surface area contributed by atoms with Crippen molar-refractivity contribution in [3.63, 3.8) is 0 Å². The Bertz CT molecular complexity index is 1080. The van der Waals surface area contributed by atoms with E-state index in [4.69, 9.17) is 5.73 Å². The Labute approximate surface area is 162 Å². The summed E-state index contributed by atoms with van der Waals surface area (Å²) in [6, 6.07) is 16.3. The molecule has 2 aromatic heterocycles. The summed E-state index contributed by atoms with van der Waals surface area (Å²) < 4.78 is 3.87. The summed E-state index contributed by atoms with van der Waals surface area (Å²) in [4.78, 5) is 15.2. The topological polar surface area (TPSA) is 90.8 Å². The molecule has 2 heterocycles. The summed E-state index contributed by atoms with van der Waals surface area (Å²) in [6.45, 7) is 2.01. The van der Waals surface area contributed by atoms with Crippen LogP contribution in [0.4, 0.5) is 0 Å². The van der Waals surface area contributed by atoms with Gasteiger partial charge >= 0.3 is 0 Å². The van der Waals surface area contributed by atoms with Gasteiger partial charge in [-0.15, -0.1) is 0 Å². The average Bonchev–Trinajstić information content (AvgIpc) is 3.36. The minimum atomic E-state index is -0.290. The van der Waals surface area contributed by atoms with Gasteiger partial charge in [0.25, 0.3) is 0 Å². The number of benzene rings is 2. The van der Waals surface area contributed by atoms with Gasteiger partial charge in [0, 0.05) is 43.2 Å². The second-order valence-corrected chi connectivity index (χ2v) is 6.65. The van der Waals surface area contributed by atoms with E-state index < -0.39 is 0 Å². The minimum Gasteiger partial charge on any atom is -0.370 e. The average molecular weight is 374 g/mol. The lowest BCUT2D eigenvalue weighted by molar-refractivity contribution is -0.118. The number of amides is 1. The number of aryl methyl sites for hydroxylation is 1. The molecule has 0 saturated carbocycles. The molecule has 1 amide bonds. The van der Waals surface area contributed by atoms with Crippen LogP contribution in [0.3, 0.4) is 0 Å². The Morgan fingerprint density at radius 1 is 1.04 bits per heavy atom. The second kappa shape index (κ2) is 8.06. The van der Waals surface area contributed by atoms with Gasteiger partial charge in [-0.05, 0) is 23.3 Å². The highest BCUT2D eigenvalue weighted by Gasteiger charge is 2.10. The standard InChI is InChI=1S/C21H22N6O/c22-21(28)9-10-26-13-17(18-6-2-4-8-20(18)26)12-23-11-16-5-1-3-7-19(16)27-15-24-14-25-27/h1-8,13-15,23H,9-12H2,(H2,22,28). The van der Waals surface area contributed by atoms with E-state index in [-0.39, 0.29) is 5.91 Å². The lowest BCUT2D eigenvalue weighted by atomic mass is 10.1. The van der Waals surface area contributed by atoms with Crippen molar-refractivity contribution in [2.24, 2.45) is 5.73 Å². The Morgan fingerprint density at radius 2 is 1.82 bits per heavy atom. The van der Waals surface area contributed by atoms with Crippen LogP contribution in [-0.4, -0.2) is 25.2 Å². The van der Waals surface area contributed by atoms with Gasteiger partial charge in [-0.1, -0.05) is 36.4 Å². The first kappa shape index (κ1) is 17.9. The molecule has 0 saturated heterocycles. The van der Waals surface area contributed by atoms with Crippen molar-refractivity contribution in [1.29, 1.82) is 0 Å². The van der Waals surface area contributed by atoms with E-state index in [1.54, 1.807) is 11.0 Å². The number of hydrogen-bond donors (Lipinski definition) is 2. The highest BCUT2D eigenvalue weighted by molar-refractivity contribution is 5.84. The predicted octanol–water partition coefficient (Wildman–Crippen LogP) is 2.39. The van der Waals surface area contributed by atoms with Gasteiger partial charge in [0.05, 0.1) is 5.69 Å². The Hall–Kier alpha value is -3.45. The number of fused-ring (bicyclic) bond motifs is 1. The largest absolute Gasteiger partial charge is 0.370 e. The number of nitrogens with two attached hydrogens (primary N) is 1.